The zero-order valence-electron chi connectivity index (χ0n) is 15.2. The van der Waals surface area contributed by atoms with Crippen molar-refractivity contribution in [3.8, 4) is 17.2 Å². The van der Waals surface area contributed by atoms with Gasteiger partial charge in [0, 0.05) is 30.3 Å². The van der Waals surface area contributed by atoms with E-state index in [0.29, 0.717) is 11.1 Å². The smallest absolute Gasteiger partial charge is 0.252 e. The number of benzene rings is 2. The maximum atomic E-state index is 12.9. The molecule has 0 radical (unpaired) electrons. The summed E-state index contributed by atoms with van der Waals surface area (Å²) in [5.74, 6) is -0.0534. The predicted molar refractivity (Wildman–Crippen MR) is 104 cm³/mol. The van der Waals surface area contributed by atoms with Gasteiger partial charge in [0.05, 0.1) is 11.6 Å². The van der Waals surface area contributed by atoms with Gasteiger partial charge in [0.1, 0.15) is 0 Å². The number of carbonyl (C=O) groups is 1. The van der Waals surface area contributed by atoms with Crippen LogP contribution >= 0.6 is 0 Å². The molecular formula is C22H25N3O. The minimum absolute atomic E-state index is 0.0534. The Morgan fingerprint density at radius 3 is 2.46 bits per heavy atom. The number of likely N-dealkylation sites (tertiary alicyclic amines) is 1. The molecule has 0 aliphatic carbocycles. The second-order valence-corrected chi connectivity index (χ2v) is 6.79. The molecule has 0 atom stereocenters. The highest BCUT2D eigenvalue weighted by molar-refractivity contribution is 6.01. The summed E-state index contributed by atoms with van der Waals surface area (Å²) in [6.45, 7) is 5.41. The Hall–Kier alpha value is -2.64. The van der Waals surface area contributed by atoms with Gasteiger partial charge in [-0.25, -0.2) is 0 Å². The summed E-state index contributed by atoms with van der Waals surface area (Å²) in [6.07, 6.45) is 3.15. The van der Waals surface area contributed by atoms with Gasteiger partial charge < -0.3 is 10.2 Å². The van der Waals surface area contributed by atoms with E-state index in [1.54, 1.807) is 6.07 Å². The predicted octanol–water partition coefficient (Wildman–Crippen LogP) is 3.83. The summed E-state index contributed by atoms with van der Waals surface area (Å²) in [6, 6.07) is 17.4. The maximum absolute atomic E-state index is 12.9. The van der Waals surface area contributed by atoms with Gasteiger partial charge in [-0.3, -0.25) is 4.79 Å². The van der Waals surface area contributed by atoms with Crippen molar-refractivity contribution in [3.63, 3.8) is 0 Å². The normalized spacial score (nSPS) is 15.4. The molecule has 1 saturated heterocycles. The molecule has 2 aromatic carbocycles. The van der Waals surface area contributed by atoms with Crippen LogP contribution in [-0.2, 0) is 0 Å². The Labute approximate surface area is 155 Å². The lowest BCUT2D eigenvalue weighted by atomic mass is 9.95. The van der Waals surface area contributed by atoms with Crippen LogP contribution in [-0.4, -0.2) is 36.5 Å². The summed E-state index contributed by atoms with van der Waals surface area (Å²) >= 11 is 0. The zero-order valence-corrected chi connectivity index (χ0v) is 15.2. The Morgan fingerprint density at radius 2 is 1.77 bits per heavy atom. The molecule has 0 unspecified atom stereocenters. The van der Waals surface area contributed by atoms with Crippen LogP contribution in [0.3, 0.4) is 0 Å². The molecule has 0 saturated carbocycles. The minimum atomic E-state index is -0.0534. The average Bonchev–Trinajstić information content (AvgIpc) is 2.69. The Kier molecular flexibility index (Phi) is 6.04. The maximum Gasteiger partial charge on any atom is 0.252 e. The van der Waals surface area contributed by atoms with Crippen LogP contribution in [0.5, 0.6) is 0 Å². The highest BCUT2D eigenvalue weighted by Crippen LogP contribution is 2.27. The first-order valence-electron chi connectivity index (χ1n) is 9.34. The lowest BCUT2D eigenvalue weighted by molar-refractivity contribution is 0.0912. The van der Waals surface area contributed by atoms with Gasteiger partial charge in [-0.15, -0.1) is 0 Å². The molecule has 3 rings (SSSR count). The molecule has 4 heteroatoms. The monoisotopic (exact) mass is 347 g/mol. The number of nitrogens with one attached hydrogen (secondary N) is 1. The van der Waals surface area contributed by atoms with E-state index in [2.05, 4.69) is 23.2 Å². The Balaban J connectivity index is 1.76. The van der Waals surface area contributed by atoms with Crippen molar-refractivity contribution in [3.05, 3.63) is 59.7 Å². The number of nitrogens with zero attached hydrogens (tertiary/aromatic N) is 2. The van der Waals surface area contributed by atoms with Crippen LogP contribution in [0, 0.1) is 11.3 Å². The number of hydrogen-bond acceptors (Lipinski definition) is 3. The molecule has 1 aliphatic rings. The number of carbonyl (C=O) groups excluding carboxylic acids is 1. The lowest BCUT2D eigenvalue weighted by Crippen LogP contribution is -2.44. The highest BCUT2D eigenvalue weighted by Gasteiger charge is 2.22. The molecule has 1 heterocycles. The van der Waals surface area contributed by atoms with Crippen LogP contribution in [0.2, 0.25) is 0 Å². The molecule has 1 fully saturated rings. The van der Waals surface area contributed by atoms with Gasteiger partial charge in [-0.05, 0) is 43.5 Å². The third-order valence-corrected chi connectivity index (χ3v) is 4.97. The van der Waals surface area contributed by atoms with E-state index in [-0.39, 0.29) is 11.9 Å². The lowest BCUT2D eigenvalue weighted by Gasteiger charge is -2.32. The Bertz CT molecular complexity index is 801. The van der Waals surface area contributed by atoms with Crippen molar-refractivity contribution in [2.24, 2.45) is 0 Å². The van der Waals surface area contributed by atoms with Crippen LogP contribution < -0.4 is 5.32 Å². The van der Waals surface area contributed by atoms with Gasteiger partial charge in [0.25, 0.3) is 5.91 Å². The minimum Gasteiger partial charge on any atom is -0.349 e. The molecule has 0 bridgehead atoms. The van der Waals surface area contributed by atoms with E-state index in [1.807, 2.05) is 42.5 Å². The standard InChI is InChI=1S/C22H25N3O/c1-2-13-25-14-11-18(12-15-25)24-22(26)21-10-6-5-9-20(21)19-8-4-3-7-17(19)16-23/h3-10,18H,2,11-15H2,1H3,(H,24,26). The largest absolute Gasteiger partial charge is 0.349 e. The number of rotatable bonds is 5. The van der Waals surface area contributed by atoms with Crippen molar-refractivity contribution in [2.75, 3.05) is 19.6 Å². The molecule has 26 heavy (non-hydrogen) atoms. The third kappa shape index (κ3) is 4.12. The number of piperidine rings is 1. The highest BCUT2D eigenvalue weighted by atomic mass is 16.1. The summed E-state index contributed by atoms with van der Waals surface area (Å²) in [7, 11) is 0. The fraction of sp³-hybridized carbons (Fsp3) is 0.364. The van der Waals surface area contributed by atoms with E-state index in [9.17, 15) is 10.1 Å². The molecular weight excluding hydrogens is 322 g/mol. The quantitative estimate of drug-likeness (QED) is 0.894. The SMILES string of the molecule is CCCN1CCC(NC(=O)c2ccccc2-c2ccccc2C#N)CC1. The van der Waals surface area contributed by atoms with E-state index in [4.69, 9.17) is 0 Å². The summed E-state index contributed by atoms with van der Waals surface area (Å²) < 4.78 is 0. The van der Waals surface area contributed by atoms with Gasteiger partial charge >= 0.3 is 0 Å². The van der Waals surface area contributed by atoms with Crippen molar-refractivity contribution in [1.29, 1.82) is 5.26 Å². The van der Waals surface area contributed by atoms with E-state index in [0.717, 1.165) is 43.6 Å². The van der Waals surface area contributed by atoms with E-state index in [1.165, 1.54) is 6.42 Å². The summed E-state index contributed by atoms with van der Waals surface area (Å²) in [5.41, 5.74) is 2.83. The van der Waals surface area contributed by atoms with E-state index < -0.39 is 0 Å². The molecule has 0 spiro atoms. The second kappa shape index (κ2) is 8.64. The van der Waals surface area contributed by atoms with Gasteiger partial charge in [-0.2, -0.15) is 5.26 Å². The fourth-order valence-electron chi connectivity index (χ4n) is 3.61. The topological polar surface area (TPSA) is 56.1 Å². The molecule has 0 aromatic heterocycles. The van der Waals surface area contributed by atoms with Crippen molar-refractivity contribution >= 4 is 5.91 Å². The van der Waals surface area contributed by atoms with Gasteiger partial charge in [0.2, 0.25) is 0 Å². The fourth-order valence-corrected chi connectivity index (χ4v) is 3.61. The zero-order chi connectivity index (χ0) is 18.4. The molecule has 2 aromatic rings. The number of nitriles is 1. The van der Waals surface area contributed by atoms with Crippen LogP contribution in [0.1, 0.15) is 42.1 Å². The van der Waals surface area contributed by atoms with Crippen molar-refractivity contribution in [1.82, 2.24) is 10.2 Å². The van der Waals surface area contributed by atoms with Crippen LogP contribution in [0.25, 0.3) is 11.1 Å². The molecule has 1 amide bonds. The average molecular weight is 347 g/mol. The molecule has 1 N–H and O–H groups in total. The Morgan fingerprint density at radius 1 is 1.12 bits per heavy atom. The molecule has 1 aliphatic heterocycles. The third-order valence-electron chi connectivity index (χ3n) is 4.97. The first kappa shape index (κ1) is 18.2. The summed E-state index contributed by atoms with van der Waals surface area (Å²) in [4.78, 5) is 15.4. The summed E-state index contributed by atoms with van der Waals surface area (Å²) in [5, 5.41) is 12.6. The first-order chi connectivity index (χ1) is 12.7. The first-order valence-corrected chi connectivity index (χ1v) is 9.34. The van der Waals surface area contributed by atoms with Crippen LogP contribution in [0.15, 0.2) is 48.5 Å². The van der Waals surface area contributed by atoms with Gasteiger partial charge in [-0.1, -0.05) is 43.3 Å². The second-order valence-electron chi connectivity index (χ2n) is 6.79. The number of amides is 1. The van der Waals surface area contributed by atoms with E-state index >= 15 is 0 Å². The van der Waals surface area contributed by atoms with Gasteiger partial charge in [0.15, 0.2) is 0 Å². The number of hydrogen-bond donors (Lipinski definition) is 1. The van der Waals surface area contributed by atoms with Crippen molar-refractivity contribution in [2.45, 2.75) is 32.2 Å². The molecule has 4 nitrogen and oxygen atoms in total. The molecule has 134 valence electrons. The van der Waals surface area contributed by atoms with Crippen molar-refractivity contribution < 1.29 is 4.79 Å². The van der Waals surface area contributed by atoms with Crippen LogP contribution in [0.4, 0.5) is 0 Å².